The number of hydrogen-bond acceptors (Lipinski definition) is 2. The first-order chi connectivity index (χ1) is 8.66. The Labute approximate surface area is 114 Å². The van der Waals surface area contributed by atoms with Crippen LogP contribution in [0.15, 0.2) is 22.7 Å². The summed E-state index contributed by atoms with van der Waals surface area (Å²) in [7, 11) is 0. The molecule has 1 unspecified atom stereocenters. The maximum atomic E-state index is 13.5. The summed E-state index contributed by atoms with van der Waals surface area (Å²) in [5, 5.41) is 6.11. The normalized spacial score (nSPS) is 18.9. The number of benzene rings is 1. The number of hydrogen-bond donors (Lipinski definition) is 2. The van der Waals surface area contributed by atoms with Gasteiger partial charge in [0.25, 0.3) is 5.91 Å². The summed E-state index contributed by atoms with van der Waals surface area (Å²) in [5.41, 5.74) is 0.0868. The Hall–Kier alpha value is -0.940. The summed E-state index contributed by atoms with van der Waals surface area (Å²) in [6.45, 7) is 1.63. The minimum atomic E-state index is -0.491. The van der Waals surface area contributed by atoms with Crippen LogP contribution in [0.5, 0.6) is 0 Å². The molecule has 1 heterocycles. The SMILES string of the molecule is O=C(NCCC1CCCN1)c1cc(Br)ccc1F. The molecule has 0 saturated carbocycles. The molecule has 0 aromatic heterocycles. The van der Waals surface area contributed by atoms with E-state index in [4.69, 9.17) is 0 Å². The second-order valence-corrected chi connectivity index (χ2v) is 5.38. The lowest BCUT2D eigenvalue weighted by atomic mass is 10.1. The third-order valence-electron chi connectivity index (χ3n) is 3.11. The van der Waals surface area contributed by atoms with E-state index < -0.39 is 5.82 Å². The Morgan fingerprint density at radius 2 is 2.39 bits per heavy atom. The van der Waals surface area contributed by atoms with Crippen LogP contribution in [0, 0.1) is 5.82 Å². The number of halogens is 2. The van der Waals surface area contributed by atoms with Gasteiger partial charge in [-0.2, -0.15) is 0 Å². The van der Waals surface area contributed by atoms with E-state index in [9.17, 15) is 9.18 Å². The van der Waals surface area contributed by atoms with Crippen LogP contribution in [-0.2, 0) is 0 Å². The minimum Gasteiger partial charge on any atom is -0.352 e. The minimum absolute atomic E-state index is 0.0868. The fourth-order valence-corrected chi connectivity index (χ4v) is 2.49. The highest BCUT2D eigenvalue weighted by atomic mass is 79.9. The maximum absolute atomic E-state index is 13.5. The van der Waals surface area contributed by atoms with Crippen molar-refractivity contribution < 1.29 is 9.18 Å². The standard InChI is InChI=1S/C13H16BrFN2O/c14-9-3-4-12(15)11(8-9)13(18)17-7-5-10-2-1-6-16-10/h3-4,8,10,16H,1-2,5-7H2,(H,17,18). The van der Waals surface area contributed by atoms with Crippen LogP contribution in [0.1, 0.15) is 29.6 Å². The van der Waals surface area contributed by atoms with Gasteiger partial charge in [0.2, 0.25) is 0 Å². The zero-order valence-corrected chi connectivity index (χ0v) is 11.6. The highest BCUT2D eigenvalue weighted by Crippen LogP contribution is 2.15. The molecule has 18 heavy (non-hydrogen) atoms. The zero-order valence-electron chi connectivity index (χ0n) is 10.0. The van der Waals surface area contributed by atoms with Gasteiger partial charge in [0.15, 0.2) is 0 Å². The molecule has 1 aliphatic heterocycles. The Kier molecular flexibility index (Phi) is 4.72. The van der Waals surface area contributed by atoms with Crippen molar-refractivity contribution in [1.29, 1.82) is 0 Å². The predicted octanol–water partition coefficient (Wildman–Crippen LogP) is 2.46. The van der Waals surface area contributed by atoms with E-state index in [1.165, 1.54) is 18.6 Å². The molecule has 1 amide bonds. The number of rotatable bonds is 4. The van der Waals surface area contributed by atoms with Crippen LogP contribution in [0.2, 0.25) is 0 Å². The molecule has 1 atom stereocenters. The van der Waals surface area contributed by atoms with Gasteiger partial charge in [-0.1, -0.05) is 15.9 Å². The molecule has 1 aliphatic rings. The summed E-state index contributed by atoms with van der Waals surface area (Å²) in [4.78, 5) is 11.8. The van der Waals surface area contributed by atoms with Gasteiger partial charge in [-0.25, -0.2) is 4.39 Å². The smallest absolute Gasteiger partial charge is 0.254 e. The van der Waals surface area contributed by atoms with Crippen LogP contribution in [0.4, 0.5) is 4.39 Å². The van der Waals surface area contributed by atoms with Crippen LogP contribution in [0.3, 0.4) is 0 Å². The van der Waals surface area contributed by atoms with E-state index in [1.54, 1.807) is 6.07 Å². The Morgan fingerprint density at radius 3 is 3.11 bits per heavy atom. The van der Waals surface area contributed by atoms with Gasteiger partial charge in [-0.3, -0.25) is 4.79 Å². The molecule has 5 heteroatoms. The lowest BCUT2D eigenvalue weighted by Crippen LogP contribution is -2.31. The largest absolute Gasteiger partial charge is 0.352 e. The predicted molar refractivity (Wildman–Crippen MR) is 72.1 cm³/mol. The molecule has 0 radical (unpaired) electrons. The van der Waals surface area contributed by atoms with Crippen LogP contribution >= 0.6 is 15.9 Å². The van der Waals surface area contributed by atoms with Gasteiger partial charge in [0.1, 0.15) is 5.82 Å². The third kappa shape index (κ3) is 3.53. The highest BCUT2D eigenvalue weighted by molar-refractivity contribution is 9.10. The van der Waals surface area contributed by atoms with E-state index in [2.05, 4.69) is 26.6 Å². The summed E-state index contributed by atoms with van der Waals surface area (Å²) in [5.74, 6) is -0.846. The first kappa shape index (κ1) is 13.5. The Morgan fingerprint density at radius 1 is 1.56 bits per heavy atom. The number of amides is 1. The number of nitrogens with one attached hydrogen (secondary N) is 2. The van der Waals surface area contributed by atoms with Gasteiger partial charge < -0.3 is 10.6 Å². The van der Waals surface area contributed by atoms with Crippen molar-refractivity contribution >= 4 is 21.8 Å². The first-order valence-corrected chi connectivity index (χ1v) is 6.93. The van der Waals surface area contributed by atoms with Crippen LogP contribution < -0.4 is 10.6 Å². The van der Waals surface area contributed by atoms with Crippen molar-refractivity contribution in [1.82, 2.24) is 10.6 Å². The molecule has 0 bridgehead atoms. The molecule has 3 nitrogen and oxygen atoms in total. The zero-order chi connectivity index (χ0) is 13.0. The fraction of sp³-hybridized carbons (Fsp3) is 0.462. The lowest BCUT2D eigenvalue weighted by Gasteiger charge is -2.11. The van der Waals surface area contributed by atoms with Crippen molar-refractivity contribution in [3.8, 4) is 0 Å². The van der Waals surface area contributed by atoms with Gasteiger partial charge >= 0.3 is 0 Å². The van der Waals surface area contributed by atoms with E-state index in [0.29, 0.717) is 17.1 Å². The molecule has 2 rings (SSSR count). The van der Waals surface area contributed by atoms with Gasteiger partial charge in [-0.05, 0) is 44.0 Å². The lowest BCUT2D eigenvalue weighted by molar-refractivity contribution is 0.0948. The van der Waals surface area contributed by atoms with Crippen LogP contribution in [-0.4, -0.2) is 25.0 Å². The van der Waals surface area contributed by atoms with Gasteiger partial charge in [0.05, 0.1) is 5.56 Å². The summed E-state index contributed by atoms with van der Waals surface area (Å²) < 4.78 is 14.2. The molecule has 1 saturated heterocycles. The topological polar surface area (TPSA) is 41.1 Å². The first-order valence-electron chi connectivity index (χ1n) is 6.13. The van der Waals surface area contributed by atoms with E-state index in [-0.39, 0.29) is 11.5 Å². The summed E-state index contributed by atoms with van der Waals surface area (Å²) in [6, 6.07) is 4.85. The molecular formula is C13H16BrFN2O. The van der Waals surface area contributed by atoms with E-state index in [1.807, 2.05) is 0 Å². The van der Waals surface area contributed by atoms with Crippen molar-refractivity contribution in [2.24, 2.45) is 0 Å². The van der Waals surface area contributed by atoms with Crippen molar-refractivity contribution in [3.63, 3.8) is 0 Å². The number of carbonyl (C=O) groups excluding carboxylic acids is 1. The average Bonchev–Trinajstić information content (AvgIpc) is 2.85. The van der Waals surface area contributed by atoms with Crippen molar-refractivity contribution in [2.45, 2.75) is 25.3 Å². The second-order valence-electron chi connectivity index (χ2n) is 4.46. The van der Waals surface area contributed by atoms with Crippen molar-refractivity contribution in [3.05, 3.63) is 34.1 Å². The van der Waals surface area contributed by atoms with Crippen molar-refractivity contribution in [2.75, 3.05) is 13.1 Å². The van der Waals surface area contributed by atoms with E-state index >= 15 is 0 Å². The monoisotopic (exact) mass is 314 g/mol. The Bertz CT molecular complexity index is 433. The van der Waals surface area contributed by atoms with Gasteiger partial charge in [-0.15, -0.1) is 0 Å². The van der Waals surface area contributed by atoms with Crippen LogP contribution in [0.25, 0.3) is 0 Å². The number of carbonyl (C=O) groups is 1. The molecule has 98 valence electrons. The molecule has 2 N–H and O–H groups in total. The molecule has 1 aromatic carbocycles. The third-order valence-corrected chi connectivity index (χ3v) is 3.61. The maximum Gasteiger partial charge on any atom is 0.254 e. The molecule has 1 aromatic rings. The fourth-order valence-electron chi connectivity index (χ4n) is 2.13. The summed E-state index contributed by atoms with van der Waals surface area (Å²) in [6.07, 6.45) is 3.24. The Balaban J connectivity index is 1.85. The molecule has 0 aliphatic carbocycles. The molecular weight excluding hydrogens is 299 g/mol. The highest BCUT2D eigenvalue weighted by Gasteiger charge is 2.15. The summed E-state index contributed by atoms with van der Waals surface area (Å²) >= 11 is 3.23. The second kappa shape index (κ2) is 6.29. The van der Waals surface area contributed by atoms with E-state index in [0.717, 1.165) is 19.4 Å². The average molecular weight is 315 g/mol. The molecule has 0 spiro atoms. The molecule has 1 fully saturated rings. The van der Waals surface area contributed by atoms with Gasteiger partial charge in [0, 0.05) is 17.1 Å². The quantitative estimate of drug-likeness (QED) is 0.896.